The van der Waals surface area contributed by atoms with Crippen molar-refractivity contribution in [3.63, 3.8) is 0 Å². The summed E-state index contributed by atoms with van der Waals surface area (Å²) < 4.78 is 0. The molecule has 0 atom stereocenters. The van der Waals surface area contributed by atoms with E-state index in [0.717, 1.165) is 11.6 Å². The Hall–Kier alpha value is -2.93. The molecule has 0 amide bonds. The first kappa shape index (κ1) is 16.4. The quantitative estimate of drug-likeness (QED) is 0.625. The van der Waals surface area contributed by atoms with Gasteiger partial charge in [0.25, 0.3) is 0 Å². The van der Waals surface area contributed by atoms with Crippen molar-refractivity contribution in [2.24, 2.45) is 0 Å². The second-order valence-corrected chi connectivity index (χ2v) is 5.11. The molecule has 23 heavy (non-hydrogen) atoms. The Kier molecular flexibility index (Phi) is 5.27. The van der Waals surface area contributed by atoms with Gasteiger partial charge in [-0.15, -0.1) is 0 Å². The minimum atomic E-state index is -1.21. The number of nitrogens with one attached hydrogen (secondary N) is 2. The lowest BCUT2D eigenvalue weighted by Gasteiger charge is -2.12. The molecule has 2 aromatic rings. The van der Waals surface area contributed by atoms with Gasteiger partial charge in [-0.05, 0) is 36.0 Å². The Bertz CT molecular complexity index is 715. The van der Waals surface area contributed by atoms with Crippen molar-refractivity contribution in [3.8, 4) is 0 Å². The van der Waals surface area contributed by atoms with E-state index in [1.165, 1.54) is 12.1 Å². The van der Waals surface area contributed by atoms with E-state index in [9.17, 15) is 9.59 Å². The molecular formula is C16H14N2O4S. The first-order valence-corrected chi connectivity index (χ1v) is 7.07. The Labute approximate surface area is 137 Å². The minimum Gasteiger partial charge on any atom is -0.478 e. The number of thiocarbonyl (C=S) groups is 1. The number of hydrogen-bond acceptors (Lipinski definition) is 3. The van der Waals surface area contributed by atoms with Crippen molar-refractivity contribution >= 4 is 35.0 Å². The highest BCUT2D eigenvalue weighted by Crippen LogP contribution is 2.15. The van der Waals surface area contributed by atoms with Crippen LogP contribution < -0.4 is 10.6 Å². The molecule has 0 saturated heterocycles. The minimum absolute atomic E-state index is 0.127. The average molecular weight is 330 g/mol. The van der Waals surface area contributed by atoms with Crippen LogP contribution >= 0.6 is 12.2 Å². The van der Waals surface area contributed by atoms with Gasteiger partial charge in [-0.1, -0.05) is 30.3 Å². The lowest BCUT2D eigenvalue weighted by molar-refractivity contribution is 0.0696. The molecule has 0 bridgehead atoms. The van der Waals surface area contributed by atoms with Crippen LogP contribution in [-0.4, -0.2) is 27.3 Å². The maximum Gasteiger partial charge on any atom is 0.335 e. The van der Waals surface area contributed by atoms with E-state index < -0.39 is 11.9 Å². The Balaban J connectivity index is 2.07. The van der Waals surface area contributed by atoms with Crippen LogP contribution in [0.1, 0.15) is 26.3 Å². The fourth-order valence-corrected chi connectivity index (χ4v) is 2.09. The van der Waals surface area contributed by atoms with Crippen LogP contribution in [0.15, 0.2) is 48.5 Å². The highest BCUT2D eigenvalue weighted by molar-refractivity contribution is 7.80. The molecule has 0 aliphatic heterocycles. The molecule has 4 N–H and O–H groups in total. The third-order valence-corrected chi connectivity index (χ3v) is 3.23. The van der Waals surface area contributed by atoms with Crippen molar-refractivity contribution in [3.05, 3.63) is 65.2 Å². The Morgan fingerprint density at radius 1 is 0.957 bits per heavy atom. The molecule has 6 nitrogen and oxygen atoms in total. The lowest BCUT2D eigenvalue weighted by atomic mass is 10.1. The number of rotatable bonds is 5. The summed E-state index contributed by atoms with van der Waals surface area (Å²) >= 11 is 5.14. The summed E-state index contributed by atoms with van der Waals surface area (Å²) in [6.45, 7) is 0.497. The second kappa shape index (κ2) is 7.37. The van der Waals surface area contributed by atoms with E-state index in [-0.39, 0.29) is 16.2 Å². The number of hydrogen-bond donors (Lipinski definition) is 4. The van der Waals surface area contributed by atoms with Crippen LogP contribution in [0.25, 0.3) is 0 Å². The molecule has 118 valence electrons. The van der Waals surface area contributed by atoms with Crippen LogP contribution in [0.4, 0.5) is 5.69 Å². The fraction of sp³-hybridized carbons (Fsp3) is 0.0625. The SMILES string of the molecule is O=C(O)c1cc(NC(=S)NCc2ccccc2)cc(C(=O)O)c1. The normalized spacial score (nSPS) is 9.91. The van der Waals surface area contributed by atoms with Crippen molar-refractivity contribution in [2.75, 3.05) is 5.32 Å². The van der Waals surface area contributed by atoms with Gasteiger partial charge >= 0.3 is 11.9 Å². The lowest BCUT2D eigenvalue weighted by Crippen LogP contribution is -2.28. The van der Waals surface area contributed by atoms with E-state index in [2.05, 4.69) is 10.6 Å². The zero-order chi connectivity index (χ0) is 16.8. The largest absolute Gasteiger partial charge is 0.478 e. The standard InChI is InChI=1S/C16H14N2O4S/c19-14(20)11-6-12(15(21)22)8-13(7-11)18-16(23)17-9-10-4-2-1-3-5-10/h1-8H,9H2,(H,19,20)(H,21,22)(H2,17,18,23). The highest BCUT2D eigenvalue weighted by Gasteiger charge is 2.12. The van der Waals surface area contributed by atoms with Crippen molar-refractivity contribution in [1.82, 2.24) is 5.32 Å². The summed E-state index contributed by atoms with van der Waals surface area (Å²) in [4.78, 5) is 22.1. The van der Waals surface area contributed by atoms with Crippen LogP contribution in [-0.2, 0) is 6.54 Å². The van der Waals surface area contributed by atoms with Gasteiger partial charge < -0.3 is 20.8 Å². The Morgan fingerprint density at radius 2 is 1.52 bits per heavy atom. The molecule has 0 unspecified atom stereocenters. The highest BCUT2D eigenvalue weighted by atomic mass is 32.1. The molecule has 0 aliphatic carbocycles. The van der Waals surface area contributed by atoms with E-state index in [1.54, 1.807) is 0 Å². The topological polar surface area (TPSA) is 98.7 Å². The zero-order valence-corrected chi connectivity index (χ0v) is 12.8. The number of benzene rings is 2. The molecule has 2 rings (SSSR count). The summed E-state index contributed by atoms with van der Waals surface area (Å²) in [5, 5.41) is 24.1. The smallest absolute Gasteiger partial charge is 0.335 e. The molecule has 0 saturated carbocycles. The zero-order valence-electron chi connectivity index (χ0n) is 11.9. The van der Waals surface area contributed by atoms with E-state index in [1.807, 2.05) is 30.3 Å². The van der Waals surface area contributed by atoms with E-state index >= 15 is 0 Å². The van der Waals surface area contributed by atoms with Gasteiger partial charge in [0.05, 0.1) is 11.1 Å². The Morgan fingerprint density at radius 3 is 2.04 bits per heavy atom. The predicted octanol–water partition coefficient (Wildman–Crippen LogP) is 2.57. The summed E-state index contributed by atoms with van der Waals surface area (Å²) in [7, 11) is 0. The fourth-order valence-electron chi connectivity index (χ4n) is 1.90. The molecule has 0 spiro atoms. The van der Waals surface area contributed by atoms with Gasteiger partial charge in [0.2, 0.25) is 0 Å². The summed E-state index contributed by atoms with van der Waals surface area (Å²) in [5.74, 6) is -2.42. The first-order chi connectivity index (χ1) is 11.0. The predicted molar refractivity (Wildman–Crippen MR) is 89.9 cm³/mol. The van der Waals surface area contributed by atoms with Crippen LogP contribution in [0.2, 0.25) is 0 Å². The molecule has 0 radical (unpaired) electrons. The molecular weight excluding hydrogens is 316 g/mol. The number of carboxylic acid groups (broad SMARTS) is 2. The number of carbonyl (C=O) groups is 2. The number of aromatic carboxylic acids is 2. The summed E-state index contributed by atoms with van der Waals surface area (Å²) in [5.41, 5.74) is 1.08. The number of anilines is 1. The maximum absolute atomic E-state index is 11.1. The third kappa shape index (κ3) is 4.79. The first-order valence-electron chi connectivity index (χ1n) is 6.66. The molecule has 0 aromatic heterocycles. The maximum atomic E-state index is 11.1. The van der Waals surface area contributed by atoms with Crippen molar-refractivity contribution in [1.29, 1.82) is 0 Å². The monoisotopic (exact) mass is 330 g/mol. The molecule has 2 aromatic carbocycles. The number of carboxylic acids is 2. The summed E-state index contributed by atoms with van der Waals surface area (Å²) in [6.07, 6.45) is 0. The second-order valence-electron chi connectivity index (χ2n) is 4.70. The van der Waals surface area contributed by atoms with Crippen LogP contribution in [0.5, 0.6) is 0 Å². The van der Waals surface area contributed by atoms with Crippen molar-refractivity contribution in [2.45, 2.75) is 6.54 Å². The van der Waals surface area contributed by atoms with Gasteiger partial charge in [-0.3, -0.25) is 0 Å². The molecule has 7 heteroatoms. The van der Waals surface area contributed by atoms with Gasteiger partial charge in [-0.2, -0.15) is 0 Å². The van der Waals surface area contributed by atoms with Crippen LogP contribution in [0, 0.1) is 0 Å². The van der Waals surface area contributed by atoms with Gasteiger partial charge in [0.1, 0.15) is 0 Å². The van der Waals surface area contributed by atoms with Gasteiger partial charge in [0.15, 0.2) is 5.11 Å². The van der Waals surface area contributed by atoms with Gasteiger partial charge in [0, 0.05) is 12.2 Å². The molecule has 0 fully saturated rings. The molecule has 0 aliphatic rings. The average Bonchev–Trinajstić information content (AvgIpc) is 2.53. The summed E-state index contributed by atoms with van der Waals surface area (Å²) in [6, 6.07) is 13.3. The van der Waals surface area contributed by atoms with Gasteiger partial charge in [-0.25, -0.2) is 9.59 Å². The van der Waals surface area contributed by atoms with Crippen LogP contribution in [0.3, 0.4) is 0 Å². The molecule has 0 heterocycles. The third-order valence-electron chi connectivity index (χ3n) is 2.98. The van der Waals surface area contributed by atoms with E-state index in [0.29, 0.717) is 12.2 Å². The van der Waals surface area contributed by atoms with E-state index in [4.69, 9.17) is 22.4 Å². The van der Waals surface area contributed by atoms with Crippen molar-refractivity contribution < 1.29 is 19.8 Å².